The van der Waals surface area contributed by atoms with E-state index in [1.54, 1.807) is 6.07 Å². The number of hydrogen-bond donors (Lipinski definition) is 1. The lowest BCUT2D eigenvalue weighted by atomic mass is 10.2. The van der Waals surface area contributed by atoms with Crippen LogP contribution in [0.3, 0.4) is 0 Å². The van der Waals surface area contributed by atoms with Crippen LogP contribution in [0.1, 0.15) is 11.1 Å². The molecule has 2 N–H and O–H groups in total. The van der Waals surface area contributed by atoms with Crippen molar-refractivity contribution in [3.8, 4) is 11.5 Å². The number of halogens is 4. The van der Waals surface area contributed by atoms with Crippen LogP contribution in [0.15, 0.2) is 42.5 Å². The standard InChI is InChI=1S/C14H11F4NO/c15-12-7-9(8-19)1-6-13(12)20-11-4-2-10(3-5-11)14(16,17)18/h1-7H,8,19H2. The summed E-state index contributed by atoms with van der Waals surface area (Å²) >= 11 is 0. The summed E-state index contributed by atoms with van der Waals surface area (Å²) in [4.78, 5) is 0. The molecule has 2 rings (SSSR count). The first-order chi connectivity index (χ1) is 9.40. The summed E-state index contributed by atoms with van der Waals surface area (Å²) in [6.45, 7) is 0.192. The maximum Gasteiger partial charge on any atom is 0.416 e. The largest absolute Gasteiger partial charge is 0.454 e. The molecule has 0 amide bonds. The zero-order valence-corrected chi connectivity index (χ0v) is 10.2. The average molecular weight is 285 g/mol. The SMILES string of the molecule is NCc1ccc(Oc2ccc(C(F)(F)F)cc2)c(F)c1. The fraction of sp³-hybridized carbons (Fsp3) is 0.143. The Bertz CT molecular complexity index is 593. The summed E-state index contributed by atoms with van der Waals surface area (Å²) in [5, 5.41) is 0. The molecule has 20 heavy (non-hydrogen) atoms. The van der Waals surface area contributed by atoms with Gasteiger partial charge in [0.2, 0.25) is 0 Å². The third kappa shape index (κ3) is 3.27. The lowest BCUT2D eigenvalue weighted by Crippen LogP contribution is -2.04. The highest BCUT2D eigenvalue weighted by Gasteiger charge is 2.30. The molecule has 0 aliphatic carbocycles. The van der Waals surface area contributed by atoms with Crippen molar-refractivity contribution in [3.63, 3.8) is 0 Å². The third-order valence-corrected chi connectivity index (χ3v) is 2.64. The van der Waals surface area contributed by atoms with Crippen LogP contribution >= 0.6 is 0 Å². The van der Waals surface area contributed by atoms with Crippen molar-refractivity contribution in [1.82, 2.24) is 0 Å². The molecule has 106 valence electrons. The molecule has 0 aliphatic rings. The average Bonchev–Trinajstić information content (AvgIpc) is 2.40. The van der Waals surface area contributed by atoms with Gasteiger partial charge in [-0.15, -0.1) is 0 Å². The minimum atomic E-state index is -4.41. The number of nitrogens with two attached hydrogens (primary N) is 1. The summed E-state index contributed by atoms with van der Waals surface area (Å²) in [5.41, 5.74) is 5.18. The van der Waals surface area contributed by atoms with Crippen LogP contribution in [0, 0.1) is 5.82 Å². The molecule has 0 bridgehead atoms. The van der Waals surface area contributed by atoms with E-state index in [1.165, 1.54) is 12.1 Å². The molecule has 0 spiro atoms. The first-order valence-corrected chi connectivity index (χ1v) is 5.74. The Morgan fingerprint density at radius 3 is 2.15 bits per heavy atom. The van der Waals surface area contributed by atoms with Gasteiger partial charge < -0.3 is 10.5 Å². The second-order valence-corrected chi connectivity index (χ2v) is 4.09. The maximum absolute atomic E-state index is 13.6. The number of rotatable bonds is 3. The van der Waals surface area contributed by atoms with Gasteiger partial charge >= 0.3 is 6.18 Å². The molecule has 2 aromatic carbocycles. The fourth-order valence-electron chi connectivity index (χ4n) is 1.59. The third-order valence-electron chi connectivity index (χ3n) is 2.64. The fourth-order valence-corrected chi connectivity index (χ4v) is 1.59. The van der Waals surface area contributed by atoms with E-state index >= 15 is 0 Å². The molecule has 0 heterocycles. The normalized spacial score (nSPS) is 11.4. The van der Waals surface area contributed by atoms with E-state index in [-0.39, 0.29) is 18.0 Å². The van der Waals surface area contributed by atoms with E-state index in [4.69, 9.17) is 10.5 Å². The maximum atomic E-state index is 13.6. The van der Waals surface area contributed by atoms with Crippen molar-refractivity contribution in [3.05, 3.63) is 59.4 Å². The summed E-state index contributed by atoms with van der Waals surface area (Å²) in [5.74, 6) is -0.563. The Labute approximate surface area is 112 Å². The highest BCUT2D eigenvalue weighted by Crippen LogP contribution is 2.32. The highest BCUT2D eigenvalue weighted by molar-refractivity contribution is 5.36. The van der Waals surface area contributed by atoms with Gasteiger partial charge in [-0.1, -0.05) is 6.07 Å². The number of benzene rings is 2. The Morgan fingerprint density at radius 1 is 1.00 bits per heavy atom. The first kappa shape index (κ1) is 14.3. The molecule has 0 aromatic heterocycles. The van der Waals surface area contributed by atoms with Gasteiger partial charge in [0.05, 0.1) is 5.56 Å². The molecule has 2 aromatic rings. The summed E-state index contributed by atoms with van der Waals surface area (Å²) < 4.78 is 56.0. The van der Waals surface area contributed by atoms with Gasteiger partial charge in [-0.25, -0.2) is 4.39 Å². The summed E-state index contributed by atoms with van der Waals surface area (Å²) in [7, 11) is 0. The van der Waals surface area contributed by atoms with Crippen LogP contribution in [0.2, 0.25) is 0 Å². The zero-order chi connectivity index (χ0) is 14.8. The molecule has 0 fully saturated rings. The van der Waals surface area contributed by atoms with Crippen LogP contribution < -0.4 is 10.5 Å². The molecular formula is C14H11F4NO. The number of alkyl halides is 3. The minimum absolute atomic E-state index is 0.0676. The van der Waals surface area contributed by atoms with E-state index in [0.717, 1.165) is 24.3 Å². The first-order valence-electron chi connectivity index (χ1n) is 5.74. The van der Waals surface area contributed by atoms with Crippen molar-refractivity contribution in [2.75, 3.05) is 0 Å². The Balaban J connectivity index is 2.18. The van der Waals surface area contributed by atoms with Gasteiger partial charge in [-0.05, 0) is 42.0 Å². The lowest BCUT2D eigenvalue weighted by molar-refractivity contribution is -0.137. The van der Waals surface area contributed by atoms with Gasteiger partial charge in [0.15, 0.2) is 11.6 Å². The zero-order valence-electron chi connectivity index (χ0n) is 10.2. The number of ether oxygens (including phenoxy) is 1. The van der Waals surface area contributed by atoms with Crippen LogP contribution in [-0.2, 0) is 12.7 Å². The smallest absolute Gasteiger partial charge is 0.416 e. The molecule has 0 atom stereocenters. The Morgan fingerprint density at radius 2 is 1.65 bits per heavy atom. The second kappa shape index (κ2) is 5.50. The monoisotopic (exact) mass is 285 g/mol. The van der Waals surface area contributed by atoms with Crippen LogP contribution in [-0.4, -0.2) is 0 Å². The van der Waals surface area contributed by atoms with Crippen molar-refractivity contribution in [1.29, 1.82) is 0 Å². The van der Waals surface area contributed by atoms with Crippen LogP contribution in [0.25, 0.3) is 0 Å². The van der Waals surface area contributed by atoms with E-state index in [1.807, 2.05) is 0 Å². The summed E-state index contributed by atoms with van der Waals surface area (Å²) in [6.07, 6.45) is -4.41. The van der Waals surface area contributed by atoms with Gasteiger partial charge in [0.1, 0.15) is 5.75 Å². The Hall–Kier alpha value is -2.08. The van der Waals surface area contributed by atoms with Crippen LogP contribution in [0.4, 0.5) is 17.6 Å². The second-order valence-electron chi connectivity index (χ2n) is 4.09. The molecule has 6 heteroatoms. The minimum Gasteiger partial charge on any atom is -0.454 e. The molecule has 0 aliphatic heterocycles. The van der Waals surface area contributed by atoms with Gasteiger partial charge in [0.25, 0.3) is 0 Å². The molecule has 0 saturated carbocycles. The molecule has 0 unspecified atom stereocenters. The molecular weight excluding hydrogens is 274 g/mol. The van der Waals surface area contributed by atoms with Crippen molar-refractivity contribution in [2.24, 2.45) is 5.73 Å². The van der Waals surface area contributed by atoms with Gasteiger partial charge in [0, 0.05) is 6.54 Å². The van der Waals surface area contributed by atoms with E-state index in [0.29, 0.717) is 5.56 Å². The highest BCUT2D eigenvalue weighted by atomic mass is 19.4. The van der Waals surface area contributed by atoms with E-state index in [9.17, 15) is 17.6 Å². The molecule has 0 saturated heterocycles. The predicted octanol–water partition coefficient (Wildman–Crippen LogP) is 4.10. The quantitative estimate of drug-likeness (QED) is 0.862. The molecule has 2 nitrogen and oxygen atoms in total. The lowest BCUT2D eigenvalue weighted by Gasteiger charge is -2.10. The van der Waals surface area contributed by atoms with E-state index < -0.39 is 17.6 Å². The predicted molar refractivity (Wildman–Crippen MR) is 65.8 cm³/mol. The van der Waals surface area contributed by atoms with Crippen molar-refractivity contribution < 1.29 is 22.3 Å². The molecule has 0 radical (unpaired) electrons. The van der Waals surface area contributed by atoms with Crippen LogP contribution in [0.5, 0.6) is 11.5 Å². The topological polar surface area (TPSA) is 35.2 Å². The van der Waals surface area contributed by atoms with E-state index in [2.05, 4.69) is 0 Å². The Kier molecular flexibility index (Phi) is 3.94. The van der Waals surface area contributed by atoms with Crippen molar-refractivity contribution >= 4 is 0 Å². The number of hydrogen-bond acceptors (Lipinski definition) is 2. The summed E-state index contributed by atoms with van der Waals surface area (Å²) in [6, 6.07) is 8.22. The van der Waals surface area contributed by atoms with Crippen molar-refractivity contribution in [2.45, 2.75) is 12.7 Å². The van der Waals surface area contributed by atoms with Gasteiger partial charge in [-0.3, -0.25) is 0 Å². The van der Waals surface area contributed by atoms with Gasteiger partial charge in [-0.2, -0.15) is 13.2 Å².